The van der Waals surface area contributed by atoms with Crippen molar-refractivity contribution in [3.8, 4) is 6.07 Å². The van der Waals surface area contributed by atoms with Crippen molar-refractivity contribution in [1.29, 1.82) is 5.26 Å². The number of benzene rings is 1. The quantitative estimate of drug-likeness (QED) is 0.784. The Labute approximate surface area is 101 Å². The third-order valence-electron chi connectivity index (χ3n) is 3.41. The van der Waals surface area contributed by atoms with Gasteiger partial charge in [0.15, 0.2) is 0 Å². The van der Waals surface area contributed by atoms with Crippen molar-refractivity contribution in [3.63, 3.8) is 0 Å². The Hall–Kier alpha value is -1.76. The van der Waals surface area contributed by atoms with Gasteiger partial charge in [0, 0.05) is 0 Å². The maximum Gasteiger partial charge on any atom is 0.336 e. The van der Waals surface area contributed by atoms with Crippen LogP contribution in [0, 0.1) is 11.3 Å². The number of aromatic carboxylic acids is 1. The Bertz CT molecular complexity index is 499. The van der Waals surface area contributed by atoms with Crippen LogP contribution < -0.4 is 0 Å². The van der Waals surface area contributed by atoms with E-state index in [1.165, 1.54) is 6.07 Å². The molecule has 0 unspecified atom stereocenters. The summed E-state index contributed by atoms with van der Waals surface area (Å²) in [6.07, 6.45) is 3.66. The molecule has 1 N–H and O–H groups in total. The molecule has 0 amide bonds. The van der Waals surface area contributed by atoms with Gasteiger partial charge in [-0.1, -0.05) is 31.7 Å². The number of rotatable bonds is 2. The summed E-state index contributed by atoms with van der Waals surface area (Å²) >= 11 is 0. The smallest absolute Gasteiger partial charge is 0.336 e. The van der Waals surface area contributed by atoms with Gasteiger partial charge in [-0.15, -0.1) is 0 Å². The highest BCUT2D eigenvalue weighted by Gasteiger charge is 2.33. The van der Waals surface area contributed by atoms with Crippen LogP contribution in [0.2, 0.25) is 0 Å². The van der Waals surface area contributed by atoms with Crippen LogP contribution in [0.15, 0.2) is 18.2 Å². The summed E-state index contributed by atoms with van der Waals surface area (Å²) in [5.41, 5.74) is 1.17. The van der Waals surface area contributed by atoms with Gasteiger partial charge < -0.3 is 5.11 Å². The maximum atomic E-state index is 11.2. The van der Waals surface area contributed by atoms with E-state index in [-0.39, 0.29) is 5.56 Å². The summed E-state index contributed by atoms with van der Waals surface area (Å²) in [7, 11) is 6.26. The number of carboxylic acid groups (broad SMARTS) is 1. The minimum Gasteiger partial charge on any atom is -0.478 e. The first-order valence-corrected chi connectivity index (χ1v) is 5.64. The second kappa shape index (κ2) is 4.25. The van der Waals surface area contributed by atoms with Gasteiger partial charge in [0.2, 0.25) is 0 Å². The highest BCUT2D eigenvalue weighted by atomic mass is 16.4. The lowest BCUT2D eigenvalue weighted by Crippen LogP contribution is -2.25. The van der Waals surface area contributed by atoms with Gasteiger partial charge in [-0.05, 0) is 23.0 Å². The van der Waals surface area contributed by atoms with E-state index in [1.807, 2.05) is 6.07 Å². The van der Waals surface area contributed by atoms with Gasteiger partial charge in [-0.3, -0.25) is 0 Å². The van der Waals surface area contributed by atoms with E-state index in [9.17, 15) is 9.90 Å². The lowest BCUT2D eigenvalue weighted by molar-refractivity contribution is 0.0694. The van der Waals surface area contributed by atoms with Crippen LogP contribution in [0.3, 0.4) is 0 Å². The average Bonchev–Trinajstić information content (AvgIpc) is 2.76. The summed E-state index contributed by atoms with van der Waals surface area (Å²) < 4.78 is 0. The Morgan fingerprint density at radius 2 is 2.06 bits per heavy atom. The molecule has 2 rings (SSSR count). The van der Waals surface area contributed by atoms with Gasteiger partial charge in [-0.25, -0.2) is 4.79 Å². The molecule has 4 heteroatoms. The molecular weight excluding hydrogens is 213 g/mol. The molecule has 1 aliphatic carbocycles. The first kappa shape index (κ1) is 11.7. The molecule has 1 aliphatic rings. The van der Waals surface area contributed by atoms with Crippen LogP contribution in [-0.4, -0.2) is 18.9 Å². The SMILES string of the molecule is [B]C1(c2ccc(C#N)cc2C(=O)O)CCCC1. The second-order valence-electron chi connectivity index (χ2n) is 4.54. The fourth-order valence-electron chi connectivity index (χ4n) is 2.50. The largest absolute Gasteiger partial charge is 0.478 e. The molecule has 0 bridgehead atoms. The first-order valence-electron chi connectivity index (χ1n) is 5.64. The molecule has 1 aromatic rings. The fraction of sp³-hybridized carbons (Fsp3) is 0.385. The number of nitriles is 1. The van der Waals surface area contributed by atoms with E-state index in [2.05, 4.69) is 0 Å². The molecule has 0 aromatic heterocycles. The van der Waals surface area contributed by atoms with Crippen LogP contribution >= 0.6 is 0 Å². The lowest BCUT2D eigenvalue weighted by atomic mass is 9.62. The normalized spacial score (nSPS) is 17.6. The Balaban J connectivity index is 2.54. The lowest BCUT2D eigenvalue weighted by Gasteiger charge is -2.26. The molecule has 3 nitrogen and oxygen atoms in total. The van der Waals surface area contributed by atoms with Gasteiger partial charge >= 0.3 is 5.97 Å². The molecule has 1 aromatic carbocycles. The molecule has 0 atom stereocenters. The monoisotopic (exact) mass is 225 g/mol. The van der Waals surface area contributed by atoms with Crippen molar-refractivity contribution in [2.24, 2.45) is 0 Å². The van der Waals surface area contributed by atoms with Crippen LogP contribution in [-0.2, 0) is 5.31 Å². The van der Waals surface area contributed by atoms with Gasteiger partial charge in [0.05, 0.1) is 25.0 Å². The van der Waals surface area contributed by atoms with Crippen molar-refractivity contribution in [2.75, 3.05) is 0 Å². The number of carbonyl (C=O) groups is 1. The molecular formula is C13H12BNO2. The third kappa shape index (κ3) is 2.05. The first-order chi connectivity index (χ1) is 8.07. The minimum absolute atomic E-state index is 0.161. The molecule has 0 spiro atoms. The average molecular weight is 225 g/mol. The third-order valence-corrected chi connectivity index (χ3v) is 3.41. The summed E-state index contributed by atoms with van der Waals surface area (Å²) in [5, 5.41) is 17.4. The molecule has 17 heavy (non-hydrogen) atoms. The molecule has 0 heterocycles. The van der Waals surface area contributed by atoms with Crippen molar-refractivity contribution >= 4 is 13.8 Å². The van der Waals surface area contributed by atoms with Crippen LogP contribution in [0.5, 0.6) is 0 Å². The van der Waals surface area contributed by atoms with E-state index in [0.717, 1.165) is 25.7 Å². The van der Waals surface area contributed by atoms with Crippen molar-refractivity contribution in [2.45, 2.75) is 31.0 Å². The number of hydrogen-bond donors (Lipinski definition) is 1. The van der Waals surface area contributed by atoms with Crippen molar-refractivity contribution < 1.29 is 9.90 Å². The van der Waals surface area contributed by atoms with Gasteiger partial charge in [0.25, 0.3) is 0 Å². The molecule has 84 valence electrons. The predicted molar refractivity (Wildman–Crippen MR) is 64.0 cm³/mol. The van der Waals surface area contributed by atoms with Gasteiger partial charge in [0.1, 0.15) is 0 Å². The van der Waals surface area contributed by atoms with E-state index in [0.29, 0.717) is 11.1 Å². The molecule has 1 fully saturated rings. The van der Waals surface area contributed by atoms with Crippen molar-refractivity contribution in [1.82, 2.24) is 0 Å². The zero-order chi connectivity index (χ0) is 12.5. The van der Waals surface area contributed by atoms with E-state index in [4.69, 9.17) is 13.1 Å². The highest BCUT2D eigenvalue weighted by molar-refractivity contribution is 6.17. The number of hydrogen-bond acceptors (Lipinski definition) is 2. The molecule has 0 saturated heterocycles. The highest BCUT2D eigenvalue weighted by Crippen LogP contribution is 2.39. The topological polar surface area (TPSA) is 61.1 Å². The van der Waals surface area contributed by atoms with Gasteiger partial charge in [-0.2, -0.15) is 5.26 Å². The van der Waals surface area contributed by atoms with E-state index < -0.39 is 11.3 Å². The zero-order valence-electron chi connectivity index (χ0n) is 9.44. The second-order valence-corrected chi connectivity index (χ2v) is 4.54. The van der Waals surface area contributed by atoms with Crippen LogP contribution in [0.4, 0.5) is 0 Å². The summed E-state index contributed by atoms with van der Waals surface area (Å²) in [6, 6.07) is 6.68. The van der Waals surface area contributed by atoms with Crippen LogP contribution in [0.1, 0.15) is 47.2 Å². The standard InChI is InChI=1S/C13H12BNO2/c14-13(5-1-2-6-13)11-4-3-9(8-15)7-10(11)12(16)17/h3-4,7H,1-2,5-6H2,(H,16,17). The Kier molecular flexibility index (Phi) is 2.93. The zero-order valence-corrected chi connectivity index (χ0v) is 9.44. The van der Waals surface area contributed by atoms with E-state index in [1.54, 1.807) is 12.1 Å². The molecule has 0 aliphatic heterocycles. The maximum absolute atomic E-state index is 11.2. The summed E-state index contributed by atoms with van der Waals surface area (Å²) in [5.74, 6) is -1.02. The molecule has 1 saturated carbocycles. The summed E-state index contributed by atoms with van der Waals surface area (Å²) in [4.78, 5) is 11.2. The van der Waals surface area contributed by atoms with E-state index >= 15 is 0 Å². The fourth-order valence-corrected chi connectivity index (χ4v) is 2.50. The Morgan fingerprint density at radius 3 is 2.59 bits per heavy atom. The summed E-state index contributed by atoms with van der Waals surface area (Å²) in [6.45, 7) is 0. The minimum atomic E-state index is -1.02. The number of nitrogens with zero attached hydrogens (tertiary/aromatic N) is 1. The predicted octanol–water partition coefficient (Wildman–Crippen LogP) is 2.19. The Morgan fingerprint density at radius 1 is 1.41 bits per heavy atom. The number of carboxylic acids is 1. The van der Waals surface area contributed by atoms with Crippen LogP contribution in [0.25, 0.3) is 0 Å². The van der Waals surface area contributed by atoms with Crippen molar-refractivity contribution in [3.05, 3.63) is 34.9 Å². The molecule has 2 radical (unpaired) electrons.